The lowest BCUT2D eigenvalue weighted by Crippen LogP contribution is -2.27. The molecule has 0 saturated heterocycles. The van der Waals surface area contributed by atoms with Gasteiger partial charge in [0.2, 0.25) is 0 Å². The number of nitrogens with zero attached hydrogens (tertiary/aromatic N) is 2. The Kier molecular flexibility index (Phi) is 3.88. The van der Waals surface area contributed by atoms with Gasteiger partial charge in [-0.05, 0) is 32.8 Å². The molecule has 2 aliphatic rings. The molecule has 0 bridgehead atoms. The first-order valence-electron chi connectivity index (χ1n) is 8.66. The SMILES string of the molecule is C[C@@H]1Cc2c(C(=O)NCc3cc(C4CCC4)n[nH]3)n[nH]c2[C@H](C)O1. The fourth-order valence-corrected chi connectivity index (χ4v) is 3.50. The van der Waals surface area contributed by atoms with Gasteiger partial charge in [0, 0.05) is 17.9 Å². The number of carbonyl (C=O) groups is 1. The van der Waals surface area contributed by atoms with E-state index in [0.29, 0.717) is 24.6 Å². The molecule has 1 saturated carbocycles. The van der Waals surface area contributed by atoms with Gasteiger partial charge in [-0.1, -0.05) is 6.42 Å². The van der Waals surface area contributed by atoms with Gasteiger partial charge in [-0.2, -0.15) is 10.2 Å². The zero-order chi connectivity index (χ0) is 16.7. The summed E-state index contributed by atoms with van der Waals surface area (Å²) in [6.07, 6.45) is 4.46. The number of carbonyl (C=O) groups excluding carboxylic acids is 1. The Labute approximate surface area is 140 Å². The van der Waals surface area contributed by atoms with E-state index in [1.807, 2.05) is 13.8 Å². The zero-order valence-corrected chi connectivity index (χ0v) is 14.1. The van der Waals surface area contributed by atoms with Gasteiger partial charge in [0.1, 0.15) is 0 Å². The highest BCUT2D eigenvalue weighted by Crippen LogP contribution is 2.35. The van der Waals surface area contributed by atoms with Crippen molar-refractivity contribution in [1.29, 1.82) is 0 Å². The molecule has 0 unspecified atom stereocenters. The molecule has 128 valence electrons. The van der Waals surface area contributed by atoms with Crippen LogP contribution in [-0.4, -0.2) is 32.4 Å². The number of aromatic amines is 2. The second kappa shape index (κ2) is 6.05. The first-order chi connectivity index (χ1) is 11.6. The zero-order valence-electron chi connectivity index (χ0n) is 14.1. The van der Waals surface area contributed by atoms with Crippen LogP contribution in [0.25, 0.3) is 0 Å². The molecule has 4 rings (SSSR count). The quantitative estimate of drug-likeness (QED) is 0.802. The van der Waals surface area contributed by atoms with Gasteiger partial charge in [-0.15, -0.1) is 0 Å². The van der Waals surface area contributed by atoms with Crippen molar-refractivity contribution in [1.82, 2.24) is 25.7 Å². The summed E-state index contributed by atoms with van der Waals surface area (Å²) in [6.45, 7) is 4.42. The molecule has 7 heteroatoms. The molecule has 0 spiro atoms. The number of rotatable bonds is 4. The standard InChI is InChI=1S/C17H23N5O2/c1-9-6-13-15(10(2)24-9)21-22-16(13)17(23)18-8-12-7-14(20-19-12)11-4-3-5-11/h7,9-11H,3-6,8H2,1-2H3,(H,18,23)(H,19,20)(H,21,22)/t9-,10+/m1/s1. The number of aromatic nitrogens is 4. The highest BCUT2D eigenvalue weighted by Gasteiger charge is 2.29. The maximum absolute atomic E-state index is 12.5. The second-order valence-corrected chi connectivity index (χ2v) is 6.89. The summed E-state index contributed by atoms with van der Waals surface area (Å²) in [5.41, 5.74) is 4.40. The maximum Gasteiger partial charge on any atom is 0.272 e. The Morgan fingerprint density at radius 1 is 1.33 bits per heavy atom. The third-order valence-electron chi connectivity index (χ3n) is 5.06. The topological polar surface area (TPSA) is 95.7 Å². The van der Waals surface area contributed by atoms with Crippen LogP contribution in [0, 0.1) is 0 Å². The second-order valence-electron chi connectivity index (χ2n) is 6.89. The molecule has 1 amide bonds. The number of ether oxygens (including phenoxy) is 1. The average Bonchev–Trinajstić information content (AvgIpc) is 3.10. The summed E-state index contributed by atoms with van der Waals surface area (Å²) in [5, 5.41) is 17.5. The summed E-state index contributed by atoms with van der Waals surface area (Å²) >= 11 is 0. The molecule has 2 aromatic heterocycles. The van der Waals surface area contributed by atoms with Crippen LogP contribution in [0.1, 0.15) is 78.3 Å². The van der Waals surface area contributed by atoms with Gasteiger partial charge < -0.3 is 10.1 Å². The number of hydrogen-bond acceptors (Lipinski definition) is 4. The number of amides is 1. The largest absolute Gasteiger partial charge is 0.369 e. The molecule has 1 aliphatic heterocycles. The summed E-state index contributed by atoms with van der Waals surface area (Å²) in [6, 6.07) is 2.06. The van der Waals surface area contributed by atoms with Crippen LogP contribution in [0.4, 0.5) is 0 Å². The Morgan fingerprint density at radius 2 is 2.17 bits per heavy atom. The van der Waals surface area contributed by atoms with Gasteiger partial charge in [-0.25, -0.2) is 0 Å². The molecule has 24 heavy (non-hydrogen) atoms. The first kappa shape index (κ1) is 15.4. The Hall–Kier alpha value is -2.15. The predicted molar refractivity (Wildman–Crippen MR) is 87.6 cm³/mol. The molecule has 1 fully saturated rings. The van der Waals surface area contributed by atoms with Crippen molar-refractivity contribution >= 4 is 5.91 Å². The smallest absolute Gasteiger partial charge is 0.272 e. The van der Waals surface area contributed by atoms with Crippen LogP contribution < -0.4 is 5.32 Å². The van der Waals surface area contributed by atoms with E-state index in [1.165, 1.54) is 19.3 Å². The third kappa shape index (κ3) is 2.73. The Morgan fingerprint density at radius 3 is 2.92 bits per heavy atom. The lowest BCUT2D eigenvalue weighted by molar-refractivity contribution is -0.00697. The van der Waals surface area contributed by atoms with Crippen LogP contribution in [0.5, 0.6) is 0 Å². The van der Waals surface area contributed by atoms with Crippen molar-refractivity contribution in [2.75, 3.05) is 0 Å². The van der Waals surface area contributed by atoms with Crippen molar-refractivity contribution < 1.29 is 9.53 Å². The Balaban J connectivity index is 1.42. The number of nitrogens with one attached hydrogen (secondary N) is 3. The summed E-state index contributed by atoms with van der Waals surface area (Å²) in [5.74, 6) is 0.431. The molecule has 0 radical (unpaired) electrons. The summed E-state index contributed by atoms with van der Waals surface area (Å²) in [4.78, 5) is 12.5. The lowest BCUT2D eigenvalue weighted by atomic mass is 9.83. The van der Waals surface area contributed by atoms with E-state index in [2.05, 4.69) is 31.8 Å². The van der Waals surface area contributed by atoms with Crippen LogP contribution in [-0.2, 0) is 17.7 Å². The van der Waals surface area contributed by atoms with Crippen LogP contribution in [0.2, 0.25) is 0 Å². The fraction of sp³-hybridized carbons (Fsp3) is 0.588. The van der Waals surface area contributed by atoms with Crippen molar-refractivity contribution in [2.45, 2.75) is 64.2 Å². The molecular weight excluding hydrogens is 306 g/mol. The van der Waals surface area contributed by atoms with Gasteiger partial charge >= 0.3 is 0 Å². The molecule has 2 atom stereocenters. The lowest BCUT2D eigenvalue weighted by Gasteiger charge is -2.25. The molecule has 1 aliphatic carbocycles. The molecule has 7 nitrogen and oxygen atoms in total. The number of fused-ring (bicyclic) bond motifs is 1. The van der Waals surface area contributed by atoms with Crippen LogP contribution in [0.3, 0.4) is 0 Å². The van der Waals surface area contributed by atoms with Gasteiger partial charge in [0.15, 0.2) is 5.69 Å². The van der Waals surface area contributed by atoms with E-state index in [9.17, 15) is 4.79 Å². The summed E-state index contributed by atoms with van der Waals surface area (Å²) < 4.78 is 5.76. The van der Waals surface area contributed by atoms with Crippen LogP contribution >= 0.6 is 0 Å². The van der Waals surface area contributed by atoms with Crippen molar-refractivity contribution in [3.8, 4) is 0 Å². The number of H-pyrrole nitrogens is 2. The van der Waals surface area contributed by atoms with E-state index in [-0.39, 0.29) is 18.1 Å². The predicted octanol–water partition coefficient (Wildman–Crippen LogP) is 2.35. The minimum absolute atomic E-state index is 0.0598. The van der Waals surface area contributed by atoms with Gasteiger partial charge in [-0.3, -0.25) is 15.0 Å². The monoisotopic (exact) mass is 329 g/mol. The first-order valence-corrected chi connectivity index (χ1v) is 8.66. The number of hydrogen-bond donors (Lipinski definition) is 3. The fourth-order valence-electron chi connectivity index (χ4n) is 3.50. The Bertz CT molecular complexity index is 746. The van der Waals surface area contributed by atoms with Crippen LogP contribution in [0.15, 0.2) is 6.07 Å². The van der Waals surface area contributed by atoms with E-state index in [0.717, 1.165) is 22.6 Å². The van der Waals surface area contributed by atoms with E-state index < -0.39 is 0 Å². The highest BCUT2D eigenvalue weighted by atomic mass is 16.5. The normalized spacial score (nSPS) is 23.6. The van der Waals surface area contributed by atoms with E-state index >= 15 is 0 Å². The van der Waals surface area contributed by atoms with Crippen molar-refractivity contribution in [2.24, 2.45) is 0 Å². The molecular formula is C17H23N5O2. The average molecular weight is 329 g/mol. The molecule has 3 N–H and O–H groups in total. The third-order valence-corrected chi connectivity index (χ3v) is 5.06. The maximum atomic E-state index is 12.5. The minimum Gasteiger partial charge on any atom is -0.369 e. The van der Waals surface area contributed by atoms with Crippen molar-refractivity contribution in [3.05, 3.63) is 34.4 Å². The highest BCUT2D eigenvalue weighted by molar-refractivity contribution is 5.94. The molecule has 0 aromatic carbocycles. The van der Waals surface area contributed by atoms with E-state index in [1.54, 1.807) is 0 Å². The van der Waals surface area contributed by atoms with Gasteiger partial charge in [0.25, 0.3) is 5.91 Å². The summed E-state index contributed by atoms with van der Waals surface area (Å²) in [7, 11) is 0. The molecule has 2 aromatic rings. The van der Waals surface area contributed by atoms with E-state index in [4.69, 9.17) is 4.74 Å². The van der Waals surface area contributed by atoms with Gasteiger partial charge in [0.05, 0.1) is 35.8 Å². The minimum atomic E-state index is -0.159. The van der Waals surface area contributed by atoms with Crippen molar-refractivity contribution in [3.63, 3.8) is 0 Å². The molecule has 3 heterocycles.